The van der Waals surface area contributed by atoms with Crippen LogP contribution in [-0.2, 0) is 22.4 Å². The molecule has 2 aromatic heterocycles. The summed E-state index contributed by atoms with van der Waals surface area (Å²) in [5, 5.41) is 3.37. The zero-order valence-corrected chi connectivity index (χ0v) is 16.1. The number of aryl methyl sites for hydroxylation is 2. The zero-order valence-electron chi connectivity index (χ0n) is 15.3. The van der Waals surface area contributed by atoms with Crippen LogP contribution in [0.25, 0.3) is 10.2 Å². The third kappa shape index (κ3) is 3.38. The molecular weight excluding hydrogens is 366 g/mol. The van der Waals surface area contributed by atoms with Gasteiger partial charge in [0.2, 0.25) is 5.82 Å². The van der Waals surface area contributed by atoms with E-state index in [1.165, 1.54) is 23.3 Å². The zero-order chi connectivity index (χ0) is 19.0. The Morgan fingerprint density at radius 2 is 2.00 bits per heavy atom. The van der Waals surface area contributed by atoms with Crippen LogP contribution in [0, 0.1) is 5.92 Å². The first-order valence-corrected chi connectivity index (χ1v) is 10.3. The van der Waals surface area contributed by atoms with Crippen molar-refractivity contribution in [2.45, 2.75) is 57.4 Å². The monoisotopic (exact) mass is 389 g/mol. The lowest BCUT2D eigenvalue weighted by Gasteiger charge is -2.28. The van der Waals surface area contributed by atoms with Gasteiger partial charge in [-0.15, -0.1) is 11.3 Å². The number of aromatic amines is 1. The number of esters is 1. The van der Waals surface area contributed by atoms with Crippen molar-refractivity contribution < 1.29 is 14.3 Å². The maximum Gasteiger partial charge on any atom is 0.328 e. The van der Waals surface area contributed by atoms with Gasteiger partial charge in [-0.2, -0.15) is 0 Å². The third-order valence-electron chi connectivity index (χ3n) is 5.65. The van der Waals surface area contributed by atoms with Gasteiger partial charge in [-0.3, -0.25) is 9.59 Å². The van der Waals surface area contributed by atoms with Crippen molar-refractivity contribution >= 4 is 33.4 Å². The van der Waals surface area contributed by atoms with Crippen LogP contribution >= 0.6 is 11.3 Å². The Kier molecular flexibility index (Phi) is 4.99. The first-order valence-electron chi connectivity index (χ1n) is 9.51. The van der Waals surface area contributed by atoms with Crippen molar-refractivity contribution in [3.8, 4) is 0 Å². The molecule has 0 radical (unpaired) electrons. The number of methoxy groups -OCH3 is 1. The number of hydrogen-bond donors (Lipinski definition) is 2. The van der Waals surface area contributed by atoms with Crippen LogP contribution in [0.15, 0.2) is 4.79 Å². The fourth-order valence-corrected chi connectivity index (χ4v) is 5.55. The van der Waals surface area contributed by atoms with Gasteiger partial charge in [-0.1, -0.05) is 19.3 Å². The Hall–Kier alpha value is -2.22. The quantitative estimate of drug-likeness (QED) is 0.782. The highest BCUT2D eigenvalue weighted by molar-refractivity contribution is 7.18. The van der Waals surface area contributed by atoms with E-state index in [0.717, 1.165) is 56.9 Å². The number of H-pyrrole nitrogens is 1. The summed E-state index contributed by atoms with van der Waals surface area (Å²) in [6.07, 6.45) is 7.88. The minimum absolute atomic E-state index is 0.0443. The summed E-state index contributed by atoms with van der Waals surface area (Å²) < 4.78 is 4.89. The van der Waals surface area contributed by atoms with Crippen LogP contribution in [0.1, 0.15) is 59.6 Å². The van der Waals surface area contributed by atoms with Crippen LogP contribution in [0.2, 0.25) is 0 Å². The van der Waals surface area contributed by atoms with Crippen LogP contribution in [0.5, 0.6) is 0 Å². The smallest absolute Gasteiger partial charge is 0.328 e. The number of amides is 1. The SMILES string of the molecule is COC(=O)C(NC(=O)c1nc2sc3c(c2c(=O)[nH]1)CCC3)C1CCCCC1. The second kappa shape index (κ2) is 7.42. The van der Waals surface area contributed by atoms with Crippen LogP contribution in [-0.4, -0.2) is 35.0 Å². The van der Waals surface area contributed by atoms with Gasteiger partial charge in [0.1, 0.15) is 10.9 Å². The molecule has 1 atom stereocenters. The molecule has 1 fully saturated rings. The maximum absolute atomic E-state index is 12.7. The van der Waals surface area contributed by atoms with Gasteiger partial charge in [0.05, 0.1) is 12.5 Å². The molecule has 4 rings (SSSR count). The molecule has 8 heteroatoms. The normalized spacial score (nSPS) is 18.3. The van der Waals surface area contributed by atoms with Gasteiger partial charge >= 0.3 is 5.97 Å². The van der Waals surface area contributed by atoms with Crippen molar-refractivity contribution in [2.75, 3.05) is 7.11 Å². The van der Waals surface area contributed by atoms with E-state index in [2.05, 4.69) is 15.3 Å². The topological polar surface area (TPSA) is 101 Å². The molecule has 2 aliphatic carbocycles. The average Bonchev–Trinajstić information content (AvgIpc) is 3.26. The van der Waals surface area contributed by atoms with E-state index in [0.29, 0.717) is 10.2 Å². The Bertz CT molecular complexity index is 942. The predicted molar refractivity (Wildman–Crippen MR) is 102 cm³/mol. The largest absolute Gasteiger partial charge is 0.467 e. The van der Waals surface area contributed by atoms with Crippen molar-refractivity contribution in [2.24, 2.45) is 5.92 Å². The molecule has 1 saturated carbocycles. The highest BCUT2D eigenvalue weighted by atomic mass is 32.1. The lowest BCUT2D eigenvalue weighted by Crippen LogP contribution is -2.47. The molecule has 0 aromatic carbocycles. The third-order valence-corrected chi connectivity index (χ3v) is 6.84. The van der Waals surface area contributed by atoms with E-state index in [1.54, 1.807) is 0 Å². The second-order valence-electron chi connectivity index (χ2n) is 7.32. The summed E-state index contributed by atoms with van der Waals surface area (Å²) in [5.74, 6) is -0.981. The van der Waals surface area contributed by atoms with Gasteiger partial charge in [-0.05, 0) is 43.6 Å². The number of nitrogens with one attached hydrogen (secondary N) is 2. The Balaban J connectivity index is 1.61. The number of ether oxygens (including phenoxy) is 1. The number of rotatable bonds is 4. The molecule has 0 aliphatic heterocycles. The fraction of sp³-hybridized carbons (Fsp3) is 0.579. The summed E-state index contributed by atoms with van der Waals surface area (Å²) in [7, 11) is 1.32. The fourth-order valence-electron chi connectivity index (χ4n) is 4.28. The maximum atomic E-state index is 12.7. The number of carbonyl (C=O) groups excluding carboxylic acids is 2. The number of nitrogens with zero attached hydrogens (tertiary/aromatic N) is 1. The highest BCUT2D eigenvalue weighted by Crippen LogP contribution is 2.34. The number of thiophene rings is 1. The number of fused-ring (bicyclic) bond motifs is 3. The van der Waals surface area contributed by atoms with E-state index < -0.39 is 17.9 Å². The first-order chi connectivity index (χ1) is 13.1. The lowest BCUT2D eigenvalue weighted by atomic mass is 9.84. The molecule has 2 heterocycles. The molecule has 0 spiro atoms. The average molecular weight is 389 g/mol. The van der Waals surface area contributed by atoms with E-state index in [-0.39, 0.29) is 17.3 Å². The molecule has 2 aliphatic rings. The van der Waals surface area contributed by atoms with Crippen molar-refractivity contribution in [1.82, 2.24) is 15.3 Å². The van der Waals surface area contributed by atoms with E-state index >= 15 is 0 Å². The Morgan fingerprint density at radius 3 is 2.74 bits per heavy atom. The van der Waals surface area contributed by atoms with Gasteiger partial charge in [0, 0.05) is 4.88 Å². The molecule has 2 N–H and O–H groups in total. The Labute approximate surface area is 160 Å². The minimum Gasteiger partial charge on any atom is -0.467 e. The summed E-state index contributed by atoms with van der Waals surface area (Å²) in [6, 6.07) is -0.711. The summed E-state index contributed by atoms with van der Waals surface area (Å²) >= 11 is 1.49. The van der Waals surface area contributed by atoms with Gasteiger partial charge in [0.25, 0.3) is 11.5 Å². The molecule has 1 amide bonds. The van der Waals surface area contributed by atoms with Crippen LogP contribution in [0.3, 0.4) is 0 Å². The van der Waals surface area contributed by atoms with Crippen molar-refractivity contribution in [3.05, 3.63) is 26.6 Å². The van der Waals surface area contributed by atoms with Crippen LogP contribution in [0.4, 0.5) is 0 Å². The number of aromatic nitrogens is 2. The van der Waals surface area contributed by atoms with Gasteiger partial charge < -0.3 is 15.0 Å². The Morgan fingerprint density at radius 1 is 1.22 bits per heavy atom. The number of hydrogen-bond acceptors (Lipinski definition) is 6. The highest BCUT2D eigenvalue weighted by Gasteiger charge is 2.33. The predicted octanol–water partition coefficient (Wildman–Crippen LogP) is 2.33. The molecule has 7 nitrogen and oxygen atoms in total. The standard InChI is InChI=1S/C19H23N3O4S/c1-26-19(25)14(10-6-3-2-4-7-10)20-17(24)15-21-16(23)13-11-8-5-9-12(11)27-18(13)22-15/h10,14H,2-9H2,1H3,(H,20,24)(H,21,22,23). The van der Waals surface area contributed by atoms with Crippen molar-refractivity contribution in [3.63, 3.8) is 0 Å². The summed E-state index contributed by atoms with van der Waals surface area (Å²) in [6.45, 7) is 0. The molecule has 144 valence electrons. The van der Waals surface area contributed by atoms with Crippen LogP contribution < -0.4 is 10.9 Å². The summed E-state index contributed by atoms with van der Waals surface area (Å²) in [4.78, 5) is 46.3. The lowest BCUT2D eigenvalue weighted by molar-refractivity contribution is -0.144. The number of carbonyl (C=O) groups is 2. The van der Waals surface area contributed by atoms with E-state index in [4.69, 9.17) is 4.74 Å². The van der Waals surface area contributed by atoms with Crippen molar-refractivity contribution in [1.29, 1.82) is 0 Å². The first kappa shape index (κ1) is 18.2. The van der Waals surface area contributed by atoms with Gasteiger partial charge in [-0.25, -0.2) is 9.78 Å². The molecule has 0 bridgehead atoms. The minimum atomic E-state index is -0.711. The molecule has 27 heavy (non-hydrogen) atoms. The molecule has 2 aromatic rings. The van der Waals surface area contributed by atoms with E-state index in [1.807, 2.05) is 0 Å². The van der Waals surface area contributed by atoms with Gasteiger partial charge in [0.15, 0.2) is 0 Å². The van der Waals surface area contributed by atoms with E-state index in [9.17, 15) is 14.4 Å². The molecule has 1 unspecified atom stereocenters. The molecule has 0 saturated heterocycles. The molecular formula is C19H23N3O4S. The summed E-state index contributed by atoms with van der Waals surface area (Å²) in [5.41, 5.74) is 0.794. The second-order valence-corrected chi connectivity index (χ2v) is 8.41.